The van der Waals surface area contributed by atoms with Crippen LogP contribution in [-0.4, -0.2) is 34.9 Å². The van der Waals surface area contributed by atoms with Crippen molar-refractivity contribution in [1.29, 1.82) is 0 Å². The second-order valence-electron chi connectivity index (χ2n) is 7.09. The molecular weight excluding hydrogens is 254 g/mol. The van der Waals surface area contributed by atoms with E-state index in [1.807, 2.05) is 14.0 Å². The Kier molecular flexibility index (Phi) is 5.05. The number of carbonyl (C=O) groups excluding carboxylic acids is 1. The molecule has 5 heteroatoms. The lowest BCUT2D eigenvalue weighted by Gasteiger charge is -2.42. The first-order chi connectivity index (χ1) is 9.16. The van der Waals surface area contributed by atoms with Gasteiger partial charge in [-0.25, -0.2) is 0 Å². The van der Waals surface area contributed by atoms with E-state index in [1.165, 1.54) is 0 Å². The van der Waals surface area contributed by atoms with Gasteiger partial charge in [-0.3, -0.25) is 4.79 Å². The van der Waals surface area contributed by atoms with Gasteiger partial charge in [0.1, 0.15) is 5.41 Å². The van der Waals surface area contributed by atoms with Gasteiger partial charge in [0.2, 0.25) is 5.91 Å². The Balaban J connectivity index is 3.06. The second-order valence-corrected chi connectivity index (χ2v) is 7.09. The van der Waals surface area contributed by atoms with Crippen LogP contribution in [0.2, 0.25) is 0 Å². The third-order valence-electron chi connectivity index (χ3n) is 4.87. The zero-order chi connectivity index (χ0) is 15.6. The fourth-order valence-electron chi connectivity index (χ4n) is 2.93. The van der Waals surface area contributed by atoms with Crippen LogP contribution in [0.1, 0.15) is 59.8 Å². The van der Waals surface area contributed by atoms with Crippen molar-refractivity contribution in [2.45, 2.75) is 65.8 Å². The van der Waals surface area contributed by atoms with E-state index >= 15 is 0 Å². The van der Waals surface area contributed by atoms with Crippen LogP contribution < -0.4 is 5.73 Å². The van der Waals surface area contributed by atoms with Gasteiger partial charge >= 0.3 is 0 Å². The van der Waals surface area contributed by atoms with Crippen molar-refractivity contribution in [1.82, 2.24) is 4.90 Å². The number of rotatable bonds is 3. The molecule has 1 aliphatic carbocycles. The van der Waals surface area contributed by atoms with Crippen molar-refractivity contribution in [2.24, 2.45) is 21.7 Å². The predicted octanol–water partition coefficient (Wildman–Crippen LogP) is 2.58. The van der Waals surface area contributed by atoms with Gasteiger partial charge < -0.3 is 15.8 Å². The summed E-state index contributed by atoms with van der Waals surface area (Å²) in [5.74, 6) is 0.0464. The van der Waals surface area contributed by atoms with Crippen LogP contribution in [0.25, 0.3) is 0 Å². The number of nitrogens with zero attached hydrogens (tertiary/aromatic N) is 2. The Hall–Kier alpha value is -1.26. The Morgan fingerprint density at radius 1 is 1.30 bits per heavy atom. The second kappa shape index (κ2) is 6.02. The fourth-order valence-corrected chi connectivity index (χ4v) is 2.93. The molecule has 1 unspecified atom stereocenters. The summed E-state index contributed by atoms with van der Waals surface area (Å²) >= 11 is 0. The summed E-state index contributed by atoms with van der Waals surface area (Å²) in [4.78, 5) is 14.7. The molecule has 0 radical (unpaired) electrons. The van der Waals surface area contributed by atoms with Gasteiger partial charge in [-0.05, 0) is 25.2 Å². The van der Waals surface area contributed by atoms with Gasteiger partial charge in [0.05, 0.1) is 0 Å². The number of amidine groups is 1. The van der Waals surface area contributed by atoms with Gasteiger partial charge in [0.25, 0.3) is 0 Å². The fraction of sp³-hybridized carbons (Fsp3) is 0.867. The van der Waals surface area contributed by atoms with Crippen LogP contribution in [-0.2, 0) is 4.79 Å². The van der Waals surface area contributed by atoms with Gasteiger partial charge in [-0.15, -0.1) is 0 Å². The summed E-state index contributed by atoms with van der Waals surface area (Å²) < 4.78 is 0. The van der Waals surface area contributed by atoms with E-state index in [-0.39, 0.29) is 23.2 Å². The lowest BCUT2D eigenvalue weighted by atomic mass is 9.71. The molecule has 0 aromatic rings. The number of hydrogen-bond acceptors (Lipinski definition) is 3. The Morgan fingerprint density at radius 3 is 2.20 bits per heavy atom. The summed E-state index contributed by atoms with van der Waals surface area (Å²) in [6.45, 7) is 8.37. The highest BCUT2D eigenvalue weighted by atomic mass is 16.4. The van der Waals surface area contributed by atoms with Crippen molar-refractivity contribution < 1.29 is 10.0 Å². The normalized spacial score (nSPS) is 21.4. The minimum Gasteiger partial charge on any atom is -0.409 e. The maximum atomic E-state index is 13.0. The molecule has 1 atom stereocenters. The first-order valence-corrected chi connectivity index (χ1v) is 7.42. The first-order valence-electron chi connectivity index (χ1n) is 7.42. The maximum Gasteiger partial charge on any atom is 0.236 e. The molecule has 0 spiro atoms. The van der Waals surface area contributed by atoms with E-state index in [2.05, 4.69) is 25.9 Å². The van der Waals surface area contributed by atoms with E-state index < -0.39 is 5.41 Å². The molecule has 3 N–H and O–H groups in total. The Morgan fingerprint density at radius 2 is 1.80 bits per heavy atom. The number of carbonyl (C=O) groups is 1. The van der Waals surface area contributed by atoms with Crippen LogP contribution in [0.3, 0.4) is 0 Å². The third-order valence-corrected chi connectivity index (χ3v) is 4.87. The number of oxime groups is 1. The molecule has 0 aliphatic heterocycles. The first kappa shape index (κ1) is 16.8. The Labute approximate surface area is 122 Å². The van der Waals surface area contributed by atoms with Crippen molar-refractivity contribution in [3.8, 4) is 0 Å². The van der Waals surface area contributed by atoms with Gasteiger partial charge in [-0.2, -0.15) is 0 Å². The zero-order valence-corrected chi connectivity index (χ0v) is 13.4. The molecule has 20 heavy (non-hydrogen) atoms. The standard InChI is InChI=1S/C15H29N3O2/c1-11(14(2,3)4)18(5)13(19)15(12(16)17-20)9-7-6-8-10-15/h11,20H,6-10H2,1-5H3,(H2,16,17). The number of amides is 1. The average molecular weight is 283 g/mol. The molecule has 1 aliphatic rings. The minimum atomic E-state index is -0.818. The molecule has 1 saturated carbocycles. The number of nitrogens with two attached hydrogens (primary N) is 1. The summed E-state index contributed by atoms with van der Waals surface area (Å²) in [6.07, 6.45) is 4.33. The van der Waals surface area contributed by atoms with Crippen LogP contribution in [0.5, 0.6) is 0 Å². The quantitative estimate of drug-likeness (QED) is 0.361. The van der Waals surface area contributed by atoms with E-state index in [0.29, 0.717) is 12.8 Å². The Bertz CT molecular complexity index is 379. The third kappa shape index (κ3) is 3.07. The zero-order valence-electron chi connectivity index (χ0n) is 13.4. The SMILES string of the molecule is CC(N(C)C(=O)C1(C(N)=NO)CCCCC1)C(C)(C)C. The molecule has 1 fully saturated rings. The lowest BCUT2D eigenvalue weighted by molar-refractivity contribution is -0.142. The highest BCUT2D eigenvalue weighted by molar-refractivity contribution is 6.06. The van der Waals surface area contributed by atoms with Crippen LogP contribution in [0, 0.1) is 10.8 Å². The van der Waals surface area contributed by atoms with E-state index in [9.17, 15) is 4.79 Å². The molecule has 5 nitrogen and oxygen atoms in total. The molecule has 0 aromatic carbocycles. The van der Waals surface area contributed by atoms with Crippen LogP contribution >= 0.6 is 0 Å². The smallest absolute Gasteiger partial charge is 0.236 e. The molecule has 1 rings (SSSR count). The van der Waals surface area contributed by atoms with E-state index in [1.54, 1.807) is 4.90 Å². The lowest BCUT2D eigenvalue weighted by Crippen LogP contribution is -2.55. The molecule has 0 bridgehead atoms. The maximum absolute atomic E-state index is 13.0. The van der Waals surface area contributed by atoms with Crippen molar-refractivity contribution in [3.05, 3.63) is 0 Å². The van der Waals surface area contributed by atoms with Gasteiger partial charge in [0, 0.05) is 13.1 Å². The monoisotopic (exact) mass is 283 g/mol. The highest BCUT2D eigenvalue weighted by Crippen LogP contribution is 2.39. The summed E-state index contributed by atoms with van der Waals surface area (Å²) in [5.41, 5.74) is 5.06. The van der Waals surface area contributed by atoms with E-state index in [4.69, 9.17) is 10.9 Å². The average Bonchev–Trinajstić information content (AvgIpc) is 2.43. The van der Waals surface area contributed by atoms with E-state index in [0.717, 1.165) is 19.3 Å². The highest BCUT2D eigenvalue weighted by Gasteiger charge is 2.47. The largest absolute Gasteiger partial charge is 0.409 e. The summed E-state index contributed by atoms with van der Waals surface area (Å²) in [5, 5.41) is 12.2. The van der Waals surface area contributed by atoms with Crippen molar-refractivity contribution in [2.75, 3.05) is 7.05 Å². The minimum absolute atomic E-state index is 0.00855. The van der Waals surface area contributed by atoms with Crippen molar-refractivity contribution in [3.63, 3.8) is 0 Å². The van der Waals surface area contributed by atoms with Crippen LogP contribution in [0.15, 0.2) is 5.16 Å². The van der Waals surface area contributed by atoms with Gasteiger partial charge in [0.15, 0.2) is 5.84 Å². The summed E-state index contributed by atoms with van der Waals surface area (Å²) in [6, 6.07) is 0.0836. The number of hydrogen-bond donors (Lipinski definition) is 2. The molecule has 0 heterocycles. The topological polar surface area (TPSA) is 78.9 Å². The molecule has 1 amide bonds. The molecule has 0 saturated heterocycles. The molecular formula is C15H29N3O2. The molecule has 116 valence electrons. The predicted molar refractivity (Wildman–Crippen MR) is 80.6 cm³/mol. The van der Waals surface area contributed by atoms with Gasteiger partial charge in [-0.1, -0.05) is 45.2 Å². The molecule has 0 aromatic heterocycles. The summed E-state index contributed by atoms with van der Waals surface area (Å²) in [7, 11) is 1.82. The van der Waals surface area contributed by atoms with Crippen LogP contribution in [0.4, 0.5) is 0 Å². The van der Waals surface area contributed by atoms with Crippen molar-refractivity contribution >= 4 is 11.7 Å².